The highest BCUT2D eigenvalue weighted by Gasteiger charge is 2.38. The van der Waals surface area contributed by atoms with Crippen LogP contribution in [0.1, 0.15) is 48.7 Å². The summed E-state index contributed by atoms with van der Waals surface area (Å²) in [5, 5.41) is 1.95. The number of hydrogen-bond donors (Lipinski definition) is 0. The lowest BCUT2D eigenvalue weighted by Crippen LogP contribution is -2.58. The zero-order valence-electron chi connectivity index (χ0n) is 16.0. The van der Waals surface area contributed by atoms with Crippen LogP contribution >= 0.6 is 11.3 Å². The van der Waals surface area contributed by atoms with E-state index < -0.39 is 0 Å². The van der Waals surface area contributed by atoms with E-state index in [1.807, 2.05) is 34.4 Å². The topological polar surface area (TPSA) is 43.9 Å². The number of carbonyl (C=O) groups is 2. The van der Waals surface area contributed by atoms with Crippen LogP contribution in [0.15, 0.2) is 17.5 Å². The second-order valence-corrected chi connectivity index (χ2v) is 8.50. The first kappa shape index (κ1) is 19.4. The third-order valence-corrected chi connectivity index (χ3v) is 6.62. The molecule has 2 aliphatic rings. The summed E-state index contributed by atoms with van der Waals surface area (Å²) < 4.78 is 0. The molecule has 1 aliphatic carbocycles. The Morgan fingerprint density at radius 3 is 2.50 bits per heavy atom. The average Bonchev–Trinajstić information content (AvgIpc) is 3.36. The van der Waals surface area contributed by atoms with E-state index in [4.69, 9.17) is 0 Å². The van der Waals surface area contributed by atoms with Crippen molar-refractivity contribution in [1.29, 1.82) is 0 Å². The maximum absolute atomic E-state index is 13.1. The number of rotatable bonds is 6. The third-order valence-electron chi connectivity index (χ3n) is 5.76. The Labute approximate surface area is 161 Å². The molecule has 3 rings (SSSR count). The molecule has 1 saturated carbocycles. The van der Waals surface area contributed by atoms with Gasteiger partial charge in [-0.3, -0.25) is 14.5 Å². The molecular formula is C20H31N3O2S. The minimum Gasteiger partial charge on any atom is -0.344 e. The number of carbonyl (C=O) groups excluding carboxylic acids is 2. The minimum atomic E-state index is -0.00644. The summed E-state index contributed by atoms with van der Waals surface area (Å²) in [7, 11) is 1.93. The second kappa shape index (κ2) is 9.00. The molecule has 0 bridgehead atoms. The number of nitrogens with zero attached hydrogens (tertiary/aromatic N) is 3. The molecular weight excluding hydrogens is 346 g/mol. The molecule has 26 heavy (non-hydrogen) atoms. The van der Waals surface area contributed by atoms with Gasteiger partial charge in [-0.05, 0) is 36.6 Å². The van der Waals surface area contributed by atoms with Crippen LogP contribution < -0.4 is 0 Å². The van der Waals surface area contributed by atoms with E-state index in [9.17, 15) is 9.59 Å². The van der Waals surface area contributed by atoms with Gasteiger partial charge in [0, 0.05) is 39.8 Å². The Kier molecular flexibility index (Phi) is 6.70. The number of amides is 2. The van der Waals surface area contributed by atoms with Crippen LogP contribution in [0.4, 0.5) is 0 Å². The van der Waals surface area contributed by atoms with Crippen molar-refractivity contribution in [2.45, 2.75) is 45.1 Å². The van der Waals surface area contributed by atoms with Crippen molar-refractivity contribution in [3.05, 3.63) is 22.4 Å². The van der Waals surface area contributed by atoms with E-state index in [-0.39, 0.29) is 17.9 Å². The van der Waals surface area contributed by atoms with Crippen molar-refractivity contribution < 1.29 is 9.59 Å². The fraction of sp³-hybridized carbons (Fsp3) is 0.700. The number of thiophene rings is 1. The standard InChI is InChI=1S/C20H31N3O2S/c1-3-10-21(2)20(25)18(16-7-4-5-8-16)22-11-13-23(14-12-22)19(24)17-9-6-15-26-17/h6,9,15-16,18H,3-5,7-8,10-14H2,1-2H3. The van der Waals surface area contributed by atoms with Crippen LogP contribution in [0.2, 0.25) is 0 Å². The molecule has 2 fully saturated rings. The minimum absolute atomic E-state index is 0.00644. The predicted molar refractivity (Wildman–Crippen MR) is 105 cm³/mol. The van der Waals surface area contributed by atoms with E-state index in [2.05, 4.69) is 11.8 Å². The Balaban J connectivity index is 1.65. The van der Waals surface area contributed by atoms with E-state index in [0.717, 1.165) is 43.8 Å². The molecule has 1 unspecified atom stereocenters. The van der Waals surface area contributed by atoms with Crippen LogP contribution in [0.3, 0.4) is 0 Å². The van der Waals surface area contributed by atoms with Crippen molar-refractivity contribution >= 4 is 23.2 Å². The van der Waals surface area contributed by atoms with Gasteiger partial charge in [0.05, 0.1) is 10.9 Å². The van der Waals surface area contributed by atoms with Crippen molar-refractivity contribution in [1.82, 2.24) is 14.7 Å². The lowest BCUT2D eigenvalue weighted by molar-refractivity contribution is -0.138. The fourth-order valence-electron chi connectivity index (χ4n) is 4.36. The monoisotopic (exact) mass is 377 g/mol. The summed E-state index contributed by atoms with van der Waals surface area (Å²) in [6.45, 7) is 5.95. The summed E-state index contributed by atoms with van der Waals surface area (Å²) in [4.78, 5) is 32.7. The lowest BCUT2D eigenvalue weighted by atomic mass is 9.94. The highest BCUT2D eigenvalue weighted by Crippen LogP contribution is 2.32. The Bertz CT molecular complexity index is 590. The van der Waals surface area contributed by atoms with Crippen molar-refractivity contribution in [2.24, 2.45) is 5.92 Å². The molecule has 1 saturated heterocycles. The van der Waals surface area contributed by atoms with Gasteiger partial charge in [-0.1, -0.05) is 25.8 Å². The van der Waals surface area contributed by atoms with Gasteiger partial charge in [0.25, 0.3) is 5.91 Å². The second-order valence-electron chi connectivity index (χ2n) is 7.55. The lowest BCUT2D eigenvalue weighted by Gasteiger charge is -2.41. The van der Waals surface area contributed by atoms with Gasteiger partial charge >= 0.3 is 0 Å². The molecule has 1 atom stereocenters. The quantitative estimate of drug-likeness (QED) is 0.766. The molecule has 2 amide bonds. The number of likely N-dealkylation sites (N-methyl/N-ethyl adjacent to an activating group) is 1. The number of hydrogen-bond acceptors (Lipinski definition) is 4. The van der Waals surface area contributed by atoms with E-state index in [1.54, 1.807) is 0 Å². The van der Waals surface area contributed by atoms with Gasteiger partial charge in [-0.2, -0.15) is 0 Å². The van der Waals surface area contributed by atoms with Gasteiger partial charge in [0.1, 0.15) is 0 Å². The molecule has 0 radical (unpaired) electrons. The van der Waals surface area contributed by atoms with Crippen LogP contribution in [0.25, 0.3) is 0 Å². The van der Waals surface area contributed by atoms with E-state index >= 15 is 0 Å². The Hall–Kier alpha value is -1.40. The Morgan fingerprint density at radius 1 is 1.23 bits per heavy atom. The van der Waals surface area contributed by atoms with Crippen LogP contribution in [0, 0.1) is 5.92 Å². The molecule has 0 N–H and O–H groups in total. The molecule has 144 valence electrons. The van der Waals surface area contributed by atoms with Gasteiger partial charge < -0.3 is 9.80 Å². The first-order valence-electron chi connectivity index (χ1n) is 9.93. The fourth-order valence-corrected chi connectivity index (χ4v) is 5.05. The molecule has 6 heteroatoms. The first-order chi connectivity index (χ1) is 12.6. The zero-order valence-corrected chi connectivity index (χ0v) is 16.8. The smallest absolute Gasteiger partial charge is 0.264 e. The summed E-state index contributed by atoms with van der Waals surface area (Å²) in [6, 6.07) is 3.81. The largest absolute Gasteiger partial charge is 0.344 e. The Morgan fingerprint density at radius 2 is 1.92 bits per heavy atom. The normalized spacial score (nSPS) is 20.3. The van der Waals surface area contributed by atoms with Crippen molar-refractivity contribution in [3.63, 3.8) is 0 Å². The van der Waals surface area contributed by atoms with Gasteiger partial charge in [0.15, 0.2) is 0 Å². The summed E-state index contributed by atoms with van der Waals surface area (Å²) in [6.07, 6.45) is 5.78. The highest BCUT2D eigenvalue weighted by molar-refractivity contribution is 7.12. The van der Waals surface area contributed by atoms with E-state index in [1.165, 1.54) is 24.2 Å². The summed E-state index contributed by atoms with van der Waals surface area (Å²) in [5.41, 5.74) is 0. The molecule has 0 aromatic carbocycles. The summed E-state index contributed by atoms with van der Waals surface area (Å²) in [5.74, 6) is 0.879. The molecule has 1 aromatic rings. The van der Waals surface area contributed by atoms with Gasteiger partial charge in [-0.25, -0.2) is 0 Å². The molecule has 2 heterocycles. The van der Waals surface area contributed by atoms with Crippen molar-refractivity contribution in [2.75, 3.05) is 39.8 Å². The molecule has 5 nitrogen and oxygen atoms in total. The van der Waals surface area contributed by atoms with Crippen LogP contribution in [-0.2, 0) is 4.79 Å². The van der Waals surface area contributed by atoms with Gasteiger partial charge in [-0.15, -0.1) is 11.3 Å². The van der Waals surface area contributed by atoms with Crippen LogP contribution in [-0.4, -0.2) is 72.3 Å². The maximum atomic E-state index is 13.1. The molecule has 1 aliphatic heterocycles. The molecule has 1 aromatic heterocycles. The predicted octanol–water partition coefficient (Wildman–Crippen LogP) is 2.93. The van der Waals surface area contributed by atoms with Gasteiger partial charge in [0.2, 0.25) is 5.91 Å². The maximum Gasteiger partial charge on any atom is 0.264 e. The van der Waals surface area contributed by atoms with Crippen LogP contribution in [0.5, 0.6) is 0 Å². The highest BCUT2D eigenvalue weighted by atomic mass is 32.1. The zero-order chi connectivity index (χ0) is 18.5. The first-order valence-corrected chi connectivity index (χ1v) is 10.8. The average molecular weight is 378 g/mol. The molecule has 0 spiro atoms. The van der Waals surface area contributed by atoms with Crippen molar-refractivity contribution in [3.8, 4) is 0 Å². The number of piperazine rings is 1. The SMILES string of the molecule is CCCN(C)C(=O)C(C1CCCC1)N1CCN(C(=O)c2cccs2)CC1. The summed E-state index contributed by atoms with van der Waals surface area (Å²) >= 11 is 1.50. The third kappa shape index (κ3) is 4.29. The van der Waals surface area contributed by atoms with E-state index in [0.29, 0.717) is 19.0 Å².